The fraction of sp³-hybridized carbons (Fsp3) is 0.353. The van der Waals surface area contributed by atoms with Crippen molar-refractivity contribution in [2.45, 2.75) is 17.7 Å². The Labute approximate surface area is 156 Å². The number of carbonyl (C=O) groups excluding carboxylic acids is 1. The van der Waals surface area contributed by atoms with Gasteiger partial charge in [-0.25, -0.2) is 8.42 Å². The standard InChI is InChI=1S/C17H20N2O5S2/c1-12-2-4-15(20)14(10-12)17(21)18-11-13-3-5-16(25-13)26(22,23)19-6-8-24-9-7-19/h2-5,10,20H,6-9,11H2,1H3,(H,18,21). The van der Waals surface area contributed by atoms with Crippen molar-refractivity contribution in [2.24, 2.45) is 0 Å². The Balaban J connectivity index is 1.67. The second-order valence-corrected chi connectivity index (χ2v) is 9.27. The van der Waals surface area contributed by atoms with E-state index < -0.39 is 15.9 Å². The number of carbonyl (C=O) groups is 1. The zero-order chi connectivity index (χ0) is 18.7. The minimum atomic E-state index is -3.53. The molecule has 1 fully saturated rings. The first-order valence-corrected chi connectivity index (χ1v) is 10.4. The number of sulfonamides is 1. The van der Waals surface area contributed by atoms with Crippen LogP contribution in [0.15, 0.2) is 34.5 Å². The Morgan fingerprint density at radius 3 is 2.73 bits per heavy atom. The number of benzene rings is 1. The van der Waals surface area contributed by atoms with Gasteiger partial charge in [0.05, 0.1) is 25.3 Å². The molecule has 0 aliphatic carbocycles. The highest BCUT2D eigenvalue weighted by Gasteiger charge is 2.27. The van der Waals surface area contributed by atoms with Gasteiger partial charge in [-0.1, -0.05) is 11.6 Å². The van der Waals surface area contributed by atoms with E-state index in [1.165, 1.54) is 10.4 Å². The molecule has 2 aromatic rings. The first kappa shape index (κ1) is 18.8. The first-order chi connectivity index (χ1) is 12.4. The molecule has 1 aromatic carbocycles. The normalized spacial score (nSPS) is 15.7. The lowest BCUT2D eigenvalue weighted by atomic mass is 10.1. The van der Waals surface area contributed by atoms with E-state index in [0.717, 1.165) is 21.8 Å². The van der Waals surface area contributed by atoms with Crippen molar-refractivity contribution in [2.75, 3.05) is 26.3 Å². The minimum Gasteiger partial charge on any atom is -0.507 e. The maximum Gasteiger partial charge on any atom is 0.255 e. The lowest BCUT2D eigenvalue weighted by Gasteiger charge is -2.25. The SMILES string of the molecule is Cc1ccc(O)c(C(=O)NCc2ccc(S(=O)(=O)N3CCOCC3)s2)c1. The smallest absolute Gasteiger partial charge is 0.255 e. The van der Waals surface area contributed by atoms with Gasteiger partial charge in [-0.2, -0.15) is 4.31 Å². The van der Waals surface area contributed by atoms with Gasteiger partial charge < -0.3 is 15.2 Å². The molecule has 0 radical (unpaired) electrons. The Hall–Kier alpha value is -1.94. The largest absolute Gasteiger partial charge is 0.507 e. The number of phenolic OH excluding ortho intramolecular Hbond substituents is 1. The van der Waals surface area contributed by atoms with Crippen LogP contribution in [0.3, 0.4) is 0 Å². The molecular weight excluding hydrogens is 376 g/mol. The number of aryl methyl sites for hydroxylation is 1. The number of hydrogen-bond acceptors (Lipinski definition) is 6. The molecule has 1 aliphatic heterocycles. The van der Waals surface area contributed by atoms with Gasteiger partial charge in [0.1, 0.15) is 9.96 Å². The van der Waals surface area contributed by atoms with Gasteiger partial charge in [0, 0.05) is 18.0 Å². The number of amides is 1. The van der Waals surface area contributed by atoms with Gasteiger partial charge in [0.2, 0.25) is 0 Å². The van der Waals surface area contributed by atoms with E-state index in [1.807, 2.05) is 6.92 Å². The zero-order valence-electron chi connectivity index (χ0n) is 14.3. The van der Waals surface area contributed by atoms with Crippen LogP contribution in [0.5, 0.6) is 5.75 Å². The summed E-state index contributed by atoms with van der Waals surface area (Å²) in [5, 5.41) is 12.5. The predicted molar refractivity (Wildman–Crippen MR) is 97.9 cm³/mol. The molecule has 0 atom stereocenters. The number of rotatable bonds is 5. The number of hydrogen-bond donors (Lipinski definition) is 2. The number of nitrogens with zero attached hydrogens (tertiary/aromatic N) is 1. The Morgan fingerprint density at radius 1 is 1.27 bits per heavy atom. The molecule has 0 bridgehead atoms. The molecule has 1 aromatic heterocycles. The quantitative estimate of drug-likeness (QED) is 0.802. The van der Waals surface area contributed by atoms with E-state index >= 15 is 0 Å². The monoisotopic (exact) mass is 396 g/mol. The summed E-state index contributed by atoms with van der Waals surface area (Å²) < 4.78 is 32.1. The van der Waals surface area contributed by atoms with E-state index in [0.29, 0.717) is 26.3 Å². The van der Waals surface area contributed by atoms with Crippen molar-refractivity contribution in [3.63, 3.8) is 0 Å². The van der Waals surface area contributed by atoms with Crippen LogP contribution in [-0.2, 0) is 21.3 Å². The summed E-state index contributed by atoms with van der Waals surface area (Å²) in [4.78, 5) is 13.0. The van der Waals surface area contributed by atoms with E-state index in [2.05, 4.69) is 5.32 Å². The van der Waals surface area contributed by atoms with Crippen LogP contribution >= 0.6 is 11.3 Å². The molecule has 2 heterocycles. The lowest BCUT2D eigenvalue weighted by molar-refractivity contribution is 0.0731. The van der Waals surface area contributed by atoms with Crippen molar-refractivity contribution in [1.29, 1.82) is 0 Å². The number of aromatic hydroxyl groups is 1. The average molecular weight is 396 g/mol. The molecule has 0 unspecified atom stereocenters. The molecule has 7 nitrogen and oxygen atoms in total. The summed E-state index contributed by atoms with van der Waals surface area (Å²) in [7, 11) is -3.53. The Kier molecular flexibility index (Phi) is 5.61. The van der Waals surface area contributed by atoms with Gasteiger partial charge in [0.15, 0.2) is 0 Å². The van der Waals surface area contributed by atoms with Crippen molar-refractivity contribution < 1.29 is 23.1 Å². The van der Waals surface area contributed by atoms with Crippen LogP contribution in [0.1, 0.15) is 20.8 Å². The maximum absolute atomic E-state index is 12.6. The molecule has 2 N–H and O–H groups in total. The van der Waals surface area contributed by atoms with Gasteiger partial charge in [-0.05, 0) is 31.2 Å². The minimum absolute atomic E-state index is 0.0881. The average Bonchev–Trinajstić information content (AvgIpc) is 3.12. The number of phenols is 1. The van der Waals surface area contributed by atoms with Crippen molar-refractivity contribution in [1.82, 2.24) is 9.62 Å². The molecule has 3 rings (SSSR count). The number of nitrogens with one attached hydrogen (secondary N) is 1. The molecule has 0 saturated carbocycles. The van der Waals surface area contributed by atoms with Crippen molar-refractivity contribution in [3.05, 3.63) is 46.3 Å². The van der Waals surface area contributed by atoms with E-state index in [1.54, 1.807) is 24.3 Å². The highest BCUT2D eigenvalue weighted by atomic mass is 32.2. The summed E-state index contributed by atoms with van der Waals surface area (Å²) in [5.41, 5.74) is 1.06. The Morgan fingerprint density at radius 2 is 2.00 bits per heavy atom. The topological polar surface area (TPSA) is 95.9 Å². The van der Waals surface area contributed by atoms with Crippen molar-refractivity contribution in [3.8, 4) is 5.75 Å². The molecule has 0 spiro atoms. The van der Waals surface area contributed by atoms with Crippen LogP contribution in [0, 0.1) is 6.92 Å². The molecule has 140 valence electrons. The summed E-state index contributed by atoms with van der Waals surface area (Å²) in [6, 6.07) is 8.04. The summed E-state index contributed by atoms with van der Waals surface area (Å²) in [6.07, 6.45) is 0. The van der Waals surface area contributed by atoms with Crippen LogP contribution in [0.25, 0.3) is 0 Å². The first-order valence-electron chi connectivity index (χ1n) is 8.12. The van der Waals surface area contributed by atoms with Crippen LogP contribution in [-0.4, -0.2) is 50.0 Å². The third kappa shape index (κ3) is 4.07. The number of ether oxygens (including phenoxy) is 1. The third-order valence-corrected chi connectivity index (χ3v) is 7.47. The second-order valence-electron chi connectivity index (χ2n) is 5.94. The van der Waals surface area contributed by atoms with Gasteiger partial charge in [-0.15, -0.1) is 11.3 Å². The van der Waals surface area contributed by atoms with Crippen LogP contribution in [0.4, 0.5) is 0 Å². The molecular formula is C17H20N2O5S2. The summed E-state index contributed by atoms with van der Waals surface area (Å²) >= 11 is 1.13. The molecule has 1 amide bonds. The fourth-order valence-electron chi connectivity index (χ4n) is 2.60. The highest BCUT2D eigenvalue weighted by Crippen LogP contribution is 2.26. The van der Waals surface area contributed by atoms with Gasteiger partial charge in [0.25, 0.3) is 15.9 Å². The van der Waals surface area contributed by atoms with E-state index in [4.69, 9.17) is 4.74 Å². The van der Waals surface area contributed by atoms with Crippen molar-refractivity contribution >= 4 is 27.3 Å². The zero-order valence-corrected chi connectivity index (χ0v) is 15.9. The molecule has 1 aliphatic rings. The predicted octanol–water partition coefficient (Wildman–Crippen LogP) is 1.71. The number of morpholine rings is 1. The fourth-order valence-corrected chi connectivity index (χ4v) is 5.46. The lowest BCUT2D eigenvalue weighted by Crippen LogP contribution is -2.40. The molecule has 26 heavy (non-hydrogen) atoms. The summed E-state index contributed by atoms with van der Waals surface area (Å²) in [5.74, 6) is -0.493. The number of thiophene rings is 1. The van der Waals surface area contributed by atoms with E-state index in [9.17, 15) is 18.3 Å². The van der Waals surface area contributed by atoms with Gasteiger partial charge in [-0.3, -0.25) is 4.79 Å². The highest BCUT2D eigenvalue weighted by molar-refractivity contribution is 7.91. The van der Waals surface area contributed by atoms with E-state index in [-0.39, 0.29) is 22.1 Å². The maximum atomic E-state index is 12.6. The van der Waals surface area contributed by atoms with Gasteiger partial charge >= 0.3 is 0 Å². The summed E-state index contributed by atoms with van der Waals surface area (Å²) in [6.45, 7) is 3.51. The van der Waals surface area contributed by atoms with Crippen LogP contribution in [0.2, 0.25) is 0 Å². The Bertz CT molecular complexity index is 902. The third-order valence-electron chi connectivity index (χ3n) is 4.02. The van der Waals surface area contributed by atoms with Crippen LogP contribution < -0.4 is 5.32 Å². The molecule has 9 heteroatoms. The molecule has 1 saturated heterocycles. The second kappa shape index (κ2) is 7.75.